The van der Waals surface area contributed by atoms with Crippen molar-refractivity contribution in [3.05, 3.63) is 36.0 Å². The minimum absolute atomic E-state index is 0.00636. The number of carbonyl (C=O) groups excluding carboxylic acids is 3. The molecule has 3 amide bonds. The van der Waals surface area contributed by atoms with Crippen LogP contribution in [0.3, 0.4) is 0 Å². The number of hydrogen-bond donors (Lipinski definition) is 7. The molecule has 184 valence electrons. The van der Waals surface area contributed by atoms with Gasteiger partial charge >= 0.3 is 5.97 Å². The molecule has 11 heteroatoms. The van der Waals surface area contributed by atoms with Crippen LogP contribution < -0.4 is 21.3 Å². The standard InChI is InChI=1S/C23H31N5O6/c1-12(26-21(31)17-8-5-9-24-17)20(30)28-19(13(2)29)22(32)27-18(23(33)34)10-14-11-25-16-7-4-3-6-15(14)16/h3-4,6-7,11-13,17-19,24-25,29H,5,8-10H2,1-2H3,(H,26,31)(H,27,32)(H,28,30)(H,33,34). The van der Waals surface area contributed by atoms with Gasteiger partial charge in [-0.05, 0) is 44.9 Å². The second-order valence-corrected chi connectivity index (χ2v) is 8.57. The molecule has 0 aliphatic carbocycles. The molecule has 0 saturated carbocycles. The van der Waals surface area contributed by atoms with E-state index in [1.54, 1.807) is 6.20 Å². The molecule has 1 aromatic heterocycles. The van der Waals surface area contributed by atoms with Gasteiger partial charge in [-0.2, -0.15) is 0 Å². The van der Waals surface area contributed by atoms with Crippen molar-refractivity contribution in [1.29, 1.82) is 0 Å². The maximum Gasteiger partial charge on any atom is 0.326 e. The Hall–Kier alpha value is -3.44. The first-order chi connectivity index (χ1) is 16.2. The number of amides is 3. The van der Waals surface area contributed by atoms with E-state index in [0.717, 1.165) is 23.9 Å². The Balaban J connectivity index is 1.63. The largest absolute Gasteiger partial charge is 0.480 e. The molecule has 1 saturated heterocycles. The molecule has 11 nitrogen and oxygen atoms in total. The third-order valence-electron chi connectivity index (χ3n) is 5.91. The Morgan fingerprint density at radius 3 is 2.47 bits per heavy atom. The number of aliphatic hydroxyl groups is 1. The number of fused-ring (bicyclic) bond motifs is 1. The number of aliphatic carboxylic acids is 1. The van der Waals surface area contributed by atoms with E-state index in [9.17, 15) is 29.4 Å². The summed E-state index contributed by atoms with van der Waals surface area (Å²) >= 11 is 0. The van der Waals surface area contributed by atoms with Crippen molar-refractivity contribution in [2.75, 3.05) is 6.54 Å². The van der Waals surface area contributed by atoms with Crippen LogP contribution in [-0.2, 0) is 25.6 Å². The van der Waals surface area contributed by atoms with Crippen LogP contribution in [0.2, 0.25) is 0 Å². The molecule has 34 heavy (non-hydrogen) atoms. The van der Waals surface area contributed by atoms with Crippen molar-refractivity contribution in [2.24, 2.45) is 0 Å². The zero-order valence-corrected chi connectivity index (χ0v) is 19.1. The lowest BCUT2D eigenvalue weighted by atomic mass is 10.0. The smallest absolute Gasteiger partial charge is 0.326 e. The van der Waals surface area contributed by atoms with Gasteiger partial charge in [0, 0.05) is 23.5 Å². The highest BCUT2D eigenvalue weighted by molar-refractivity contribution is 5.94. The van der Waals surface area contributed by atoms with Crippen LogP contribution in [0.1, 0.15) is 32.3 Å². The lowest BCUT2D eigenvalue weighted by Gasteiger charge is -2.25. The quantitative estimate of drug-likeness (QED) is 0.241. The number of hydrogen-bond acceptors (Lipinski definition) is 6. The summed E-state index contributed by atoms with van der Waals surface area (Å²) in [4.78, 5) is 52.5. The van der Waals surface area contributed by atoms with Crippen LogP contribution in [0, 0.1) is 0 Å². The molecule has 1 aliphatic heterocycles. The summed E-state index contributed by atoms with van der Waals surface area (Å²) in [7, 11) is 0. The molecular weight excluding hydrogens is 442 g/mol. The van der Waals surface area contributed by atoms with Gasteiger partial charge in [0.2, 0.25) is 17.7 Å². The molecule has 2 heterocycles. The third-order valence-corrected chi connectivity index (χ3v) is 5.91. The average Bonchev–Trinajstić information content (AvgIpc) is 3.47. The molecule has 7 N–H and O–H groups in total. The summed E-state index contributed by atoms with van der Waals surface area (Å²) in [6.07, 6.45) is 1.93. The van der Waals surface area contributed by atoms with Crippen molar-refractivity contribution in [3.63, 3.8) is 0 Å². The Morgan fingerprint density at radius 2 is 1.82 bits per heavy atom. The van der Waals surface area contributed by atoms with E-state index in [1.165, 1.54) is 13.8 Å². The summed E-state index contributed by atoms with van der Waals surface area (Å²) in [6, 6.07) is 3.37. The number of aromatic nitrogens is 1. The van der Waals surface area contributed by atoms with E-state index < -0.39 is 42.0 Å². The fraction of sp³-hybridized carbons (Fsp3) is 0.478. The van der Waals surface area contributed by atoms with Gasteiger partial charge in [0.15, 0.2) is 0 Å². The van der Waals surface area contributed by atoms with Gasteiger partial charge in [-0.25, -0.2) is 4.79 Å². The second kappa shape index (κ2) is 11.1. The van der Waals surface area contributed by atoms with Crippen LogP contribution in [0.4, 0.5) is 0 Å². The van der Waals surface area contributed by atoms with E-state index in [4.69, 9.17) is 0 Å². The monoisotopic (exact) mass is 473 g/mol. The van der Waals surface area contributed by atoms with Crippen LogP contribution in [-0.4, -0.2) is 75.7 Å². The van der Waals surface area contributed by atoms with Crippen LogP contribution in [0.5, 0.6) is 0 Å². The maximum atomic E-state index is 12.8. The van der Waals surface area contributed by atoms with Crippen LogP contribution in [0.25, 0.3) is 10.9 Å². The summed E-state index contributed by atoms with van der Waals surface area (Å²) < 4.78 is 0. The van der Waals surface area contributed by atoms with Gasteiger partial charge in [-0.1, -0.05) is 18.2 Å². The van der Waals surface area contributed by atoms with E-state index in [-0.39, 0.29) is 18.4 Å². The van der Waals surface area contributed by atoms with Gasteiger partial charge in [0.1, 0.15) is 18.1 Å². The lowest BCUT2D eigenvalue weighted by Crippen LogP contribution is -2.59. The lowest BCUT2D eigenvalue weighted by molar-refractivity contribution is -0.143. The van der Waals surface area contributed by atoms with Crippen molar-refractivity contribution in [1.82, 2.24) is 26.3 Å². The molecule has 3 rings (SSSR count). The minimum Gasteiger partial charge on any atom is -0.480 e. The van der Waals surface area contributed by atoms with Gasteiger partial charge in [0.05, 0.1) is 12.1 Å². The number of aliphatic hydroxyl groups excluding tert-OH is 1. The van der Waals surface area contributed by atoms with E-state index >= 15 is 0 Å². The van der Waals surface area contributed by atoms with E-state index in [2.05, 4.69) is 26.3 Å². The predicted molar refractivity (Wildman–Crippen MR) is 124 cm³/mol. The van der Waals surface area contributed by atoms with E-state index in [1.807, 2.05) is 24.3 Å². The third kappa shape index (κ3) is 6.12. The number of H-pyrrole nitrogens is 1. The topological polar surface area (TPSA) is 173 Å². The SMILES string of the molecule is CC(NC(=O)C1CCCN1)C(=O)NC(C(=O)NC(Cc1c[nH]c2ccccc12)C(=O)O)C(C)O. The summed E-state index contributed by atoms with van der Waals surface area (Å²) in [5.74, 6) is -3.08. The first kappa shape index (κ1) is 25.2. The fourth-order valence-corrected chi connectivity index (χ4v) is 3.95. The van der Waals surface area contributed by atoms with Crippen molar-refractivity contribution in [2.45, 2.75) is 63.4 Å². The summed E-state index contributed by atoms with van der Waals surface area (Å²) in [5, 5.41) is 31.0. The minimum atomic E-state index is -1.40. The zero-order chi connectivity index (χ0) is 24.8. The first-order valence-corrected chi connectivity index (χ1v) is 11.3. The number of carboxylic acid groups (broad SMARTS) is 1. The number of carbonyl (C=O) groups is 4. The zero-order valence-electron chi connectivity index (χ0n) is 19.1. The van der Waals surface area contributed by atoms with Crippen molar-refractivity contribution < 1.29 is 29.4 Å². The highest BCUT2D eigenvalue weighted by Crippen LogP contribution is 2.19. The van der Waals surface area contributed by atoms with Gasteiger partial charge in [-0.15, -0.1) is 0 Å². The molecule has 0 spiro atoms. The normalized spacial score (nSPS) is 19.1. The van der Waals surface area contributed by atoms with Crippen molar-refractivity contribution >= 4 is 34.6 Å². The van der Waals surface area contributed by atoms with Gasteiger partial charge < -0.3 is 36.5 Å². The molecule has 1 aliphatic rings. The predicted octanol–water partition coefficient (Wildman–Crippen LogP) is -0.598. The number of benzene rings is 1. The first-order valence-electron chi connectivity index (χ1n) is 11.3. The van der Waals surface area contributed by atoms with Gasteiger partial charge in [-0.3, -0.25) is 14.4 Å². The summed E-state index contributed by atoms with van der Waals surface area (Å²) in [5.41, 5.74) is 1.55. The van der Waals surface area contributed by atoms with Crippen molar-refractivity contribution in [3.8, 4) is 0 Å². The number of nitrogens with one attached hydrogen (secondary N) is 5. The Bertz CT molecular complexity index is 1050. The number of rotatable bonds is 10. The highest BCUT2D eigenvalue weighted by Gasteiger charge is 2.32. The second-order valence-electron chi connectivity index (χ2n) is 8.57. The van der Waals surface area contributed by atoms with E-state index in [0.29, 0.717) is 12.0 Å². The number of para-hydroxylation sites is 1. The average molecular weight is 474 g/mol. The molecule has 2 aromatic rings. The molecule has 5 atom stereocenters. The molecule has 1 aromatic carbocycles. The fourth-order valence-electron chi connectivity index (χ4n) is 3.95. The summed E-state index contributed by atoms with van der Waals surface area (Å²) in [6.45, 7) is 3.51. The molecule has 5 unspecified atom stereocenters. The highest BCUT2D eigenvalue weighted by atomic mass is 16.4. The Labute approximate surface area is 196 Å². The molecule has 0 bridgehead atoms. The Kier molecular flexibility index (Phi) is 8.24. The van der Waals surface area contributed by atoms with Gasteiger partial charge in [0.25, 0.3) is 0 Å². The molecular formula is C23H31N5O6. The van der Waals surface area contributed by atoms with Crippen LogP contribution in [0.15, 0.2) is 30.5 Å². The number of carboxylic acids is 1. The Morgan fingerprint density at radius 1 is 1.09 bits per heavy atom. The molecule has 1 fully saturated rings. The maximum absolute atomic E-state index is 12.8. The van der Waals surface area contributed by atoms with Crippen LogP contribution >= 0.6 is 0 Å². The molecule has 0 radical (unpaired) electrons. The number of aromatic amines is 1.